The average Bonchev–Trinajstić information content (AvgIpc) is 2.08. The van der Waals surface area contributed by atoms with Gasteiger partial charge in [0.25, 0.3) is 11.4 Å². The van der Waals surface area contributed by atoms with E-state index in [9.17, 15) is 20.2 Å². The first-order chi connectivity index (χ1) is 6.43. The summed E-state index contributed by atoms with van der Waals surface area (Å²) in [6, 6.07) is 2.17. The number of hydrogen-bond acceptors (Lipinski definition) is 4. The summed E-state index contributed by atoms with van der Waals surface area (Å²) in [5.74, 6) is 0. The van der Waals surface area contributed by atoms with Crippen LogP contribution >= 0.6 is 38.5 Å². The molecule has 8 heteroatoms. The van der Waals surface area contributed by atoms with Crippen LogP contribution < -0.4 is 0 Å². The molecule has 1 aromatic rings. The van der Waals surface area contributed by atoms with E-state index >= 15 is 0 Å². The van der Waals surface area contributed by atoms with Gasteiger partial charge >= 0.3 is 0 Å². The predicted octanol–water partition coefficient (Wildman–Crippen LogP) is 2.87. The maximum atomic E-state index is 10.5. The fourth-order valence-electron chi connectivity index (χ4n) is 0.799. The fraction of sp³-hybridized carbons (Fsp3) is 0. The van der Waals surface area contributed by atoms with Gasteiger partial charge in [-0.2, -0.15) is 0 Å². The highest BCUT2D eigenvalue weighted by molar-refractivity contribution is 14.1. The molecule has 14 heavy (non-hydrogen) atoms. The Balaban J connectivity index is 3.43. The van der Waals surface area contributed by atoms with Crippen molar-refractivity contribution < 1.29 is 9.85 Å². The zero-order chi connectivity index (χ0) is 10.9. The van der Waals surface area contributed by atoms with Gasteiger partial charge in [-0.3, -0.25) is 20.2 Å². The normalized spacial score (nSPS) is 9.86. The first-order valence-electron chi connectivity index (χ1n) is 3.21. The van der Waals surface area contributed by atoms with Gasteiger partial charge in [0.15, 0.2) is 0 Å². The maximum Gasteiger partial charge on any atom is 0.290 e. The average molecular weight is 373 g/mol. The van der Waals surface area contributed by atoms with Crippen LogP contribution in [0.3, 0.4) is 0 Å². The molecular formula is C6H2BrIN2O4. The van der Waals surface area contributed by atoms with Gasteiger partial charge in [0, 0.05) is 10.5 Å². The second kappa shape index (κ2) is 4.17. The summed E-state index contributed by atoms with van der Waals surface area (Å²) in [5, 5.41) is 20.9. The number of benzene rings is 1. The summed E-state index contributed by atoms with van der Waals surface area (Å²) in [5.41, 5.74) is -0.573. The highest BCUT2D eigenvalue weighted by Gasteiger charge is 2.20. The van der Waals surface area contributed by atoms with E-state index in [1.807, 2.05) is 0 Å². The number of non-ortho nitro benzene ring substituents is 1. The quantitative estimate of drug-likeness (QED) is 0.453. The molecule has 0 amide bonds. The molecule has 0 aliphatic rings. The first-order valence-corrected chi connectivity index (χ1v) is 5.08. The molecule has 0 saturated carbocycles. The summed E-state index contributed by atoms with van der Waals surface area (Å²) in [6.45, 7) is 0. The molecule has 0 aromatic heterocycles. The zero-order valence-corrected chi connectivity index (χ0v) is 10.2. The van der Waals surface area contributed by atoms with E-state index in [1.165, 1.54) is 6.07 Å². The van der Waals surface area contributed by atoms with Crippen LogP contribution in [0.15, 0.2) is 16.6 Å². The third-order valence-corrected chi connectivity index (χ3v) is 3.90. The van der Waals surface area contributed by atoms with Gasteiger partial charge in [-0.25, -0.2) is 0 Å². The standard InChI is InChI=1S/C6H2BrIN2O4/c7-4-1-3(9(11)12)2-5(6(4)8)10(13)14/h1-2H. The first kappa shape index (κ1) is 11.3. The molecule has 1 rings (SSSR count). The lowest BCUT2D eigenvalue weighted by Gasteiger charge is -1.98. The molecule has 0 heterocycles. The van der Waals surface area contributed by atoms with Crippen LogP contribution in [0, 0.1) is 23.8 Å². The minimum Gasteiger partial charge on any atom is -0.258 e. The van der Waals surface area contributed by atoms with E-state index < -0.39 is 9.85 Å². The van der Waals surface area contributed by atoms with Crippen molar-refractivity contribution in [2.45, 2.75) is 0 Å². The van der Waals surface area contributed by atoms with Gasteiger partial charge < -0.3 is 0 Å². The van der Waals surface area contributed by atoms with E-state index in [0.29, 0.717) is 8.04 Å². The van der Waals surface area contributed by atoms with Crippen LogP contribution in [0.4, 0.5) is 11.4 Å². The van der Waals surface area contributed by atoms with Gasteiger partial charge in [0.1, 0.15) is 3.57 Å². The molecular weight excluding hydrogens is 371 g/mol. The van der Waals surface area contributed by atoms with Crippen molar-refractivity contribution in [2.75, 3.05) is 0 Å². The summed E-state index contributed by atoms with van der Waals surface area (Å²) in [6.07, 6.45) is 0. The van der Waals surface area contributed by atoms with Gasteiger partial charge in [-0.1, -0.05) is 0 Å². The Labute approximate surface area is 99.9 Å². The Morgan fingerprint density at radius 1 is 1.21 bits per heavy atom. The van der Waals surface area contributed by atoms with Crippen LogP contribution in [-0.2, 0) is 0 Å². The van der Waals surface area contributed by atoms with Crippen LogP contribution in [0.25, 0.3) is 0 Å². The Bertz CT molecular complexity index is 423. The number of halogens is 2. The van der Waals surface area contributed by atoms with Crippen molar-refractivity contribution in [3.8, 4) is 0 Å². The van der Waals surface area contributed by atoms with E-state index in [4.69, 9.17) is 0 Å². The van der Waals surface area contributed by atoms with Crippen molar-refractivity contribution in [2.24, 2.45) is 0 Å². The zero-order valence-electron chi connectivity index (χ0n) is 6.44. The molecule has 0 fully saturated rings. The van der Waals surface area contributed by atoms with Crippen molar-refractivity contribution in [1.29, 1.82) is 0 Å². The summed E-state index contributed by atoms with van der Waals surface area (Å²) >= 11 is 4.77. The largest absolute Gasteiger partial charge is 0.290 e. The molecule has 0 N–H and O–H groups in total. The van der Waals surface area contributed by atoms with Crippen LogP contribution in [-0.4, -0.2) is 9.85 Å². The monoisotopic (exact) mass is 372 g/mol. The Hall–Kier alpha value is -0.770. The molecule has 74 valence electrons. The predicted molar refractivity (Wildman–Crippen MR) is 60.2 cm³/mol. The third kappa shape index (κ3) is 2.18. The summed E-state index contributed by atoms with van der Waals surface area (Å²) < 4.78 is 0.692. The lowest BCUT2D eigenvalue weighted by Crippen LogP contribution is -1.95. The number of rotatable bonds is 2. The highest BCUT2D eigenvalue weighted by atomic mass is 127. The Morgan fingerprint density at radius 3 is 2.21 bits per heavy atom. The summed E-state index contributed by atoms with van der Waals surface area (Å²) in [4.78, 5) is 19.6. The minimum absolute atomic E-state index is 0.272. The molecule has 0 radical (unpaired) electrons. The van der Waals surface area contributed by atoms with E-state index in [0.717, 1.165) is 6.07 Å². The molecule has 6 nitrogen and oxygen atoms in total. The van der Waals surface area contributed by atoms with Gasteiger partial charge in [-0.15, -0.1) is 0 Å². The highest BCUT2D eigenvalue weighted by Crippen LogP contribution is 2.32. The molecule has 0 aliphatic heterocycles. The molecule has 0 atom stereocenters. The lowest BCUT2D eigenvalue weighted by atomic mass is 10.3. The third-order valence-electron chi connectivity index (χ3n) is 1.40. The Morgan fingerprint density at radius 2 is 1.79 bits per heavy atom. The maximum absolute atomic E-state index is 10.5. The van der Waals surface area contributed by atoms with Crippen molar-refractivity contribution in [3.05, 3.63) is 40.4 Å². The van der Waals surface area contributed by atoms with Crippen LogP contribution in [0.1, 0.15) is 0 Å². The van der Waals surface area contributed by atoms with E-state index in [1.54, 1.807) is 22.6 Å². The second-order valence-electron chi connectivity index (χ2n) is 2.27. The number of nitro benzene ring substituents is 2. The van der Waals surface area contributed by atoms with Crippen molar-refractivity contribution in [1.82, 2.24) is 0 Å². The van der Waals surface area contributed by atoms with Gasteiger partial charge in [0.05, 0.1) is 15.9 Å². The number of hydrogen-bond donors (Lipinski definition) is 0. The fourth-order valence-corrected chi connectivity index (χ4v) is 1.74. The van der Waals surface area contributed by atoms with E-state index in [-0.39, 0.29) is 11.4 Å². The van der Waals surface area contributed by atoms with Gasteiger partial charge in [0.2, 0.25) is 0 Å². The van der Waals surface area contributed by atoms with Crippen LogP contribution in [0.5, 0.6) is 0 Å². The Kier molecular flexibility index (Phi) is 3.37. The SMILES string of the molecule is O=[N+]([O-])c1cc(Br)c(I)c([N+](=O)[O-])c1. The molecule has 0 aliphatic carbocycles. The van der Waals surface area contributed by atoms with Crippen molar-refractivity contribution in [3.63, 3.8) is 0 Å². The number of nitrogens with zero attached hydrogens (tertiary/aromatic N) is 2. The molecule has 0 bridgehead atoms. The van der Waals surface area contributed by atoms with Gasteiger partial charge in [-0.05, 0) is 38.5 Å². The molecule has 0 spiro atoms. The topological polar surface area (TPSA) is 86.3 Å². The second-order valence-corrected chi connectivity index (χ2v) is 4.21. The smallest absolute Gasteiger partial charge is 0.258 e. The molecule has 1 aromatic carbocycles. The minimum atomic E-state index is -0.673. The van der Waals surface area contributed by atoms with Crippen molar-refractivity contribution >= 4 is 49.9 Å². The molecule has 0 saturated heterocycles. The summed E-state index contributed by atoms with van der Waals surface area (Å²) in [7, 11) is 0. The lowest BCUT2D eigenvalue weighted by molar-refractivity contribution is -0.394. The molecule has 0 unspecified atom stereocenters. The van der Waals surface area contributed by atoms with E-state index in [2.05, 4.69) is 15.9 Å². The van der Waals surface area contributed by atoms with Crippen LogP contribution in [0.2, 0.25) is 0 Å². The number of nitro groups is 2.